The molecule has 1 aromatic rings. The maximum absolute atomic E-state index is 14.4. The molecule has 0 amide bonds. The Morgan fingerprint density at radius 1 is 1.25 bits per heavy atom. The molecule has 0 saturated heterocycles. The van der Waals surface area contributed by atoms with Gasteiger partial charge in [0.25, 0.3) is 5.92 Å². The van der Waals surface area contributed by atoms with Crippen molar-refractivity contribution in [3.05, 3.63) is 59.3 Å². The maximum atomic E-state index is 14.4. The second-order valence-electron chi connectivity index (χ2n) is 6.77. The molecule has 1 atom stereocenters. The summed E-state index contributed by atoms with van der Waals surface area (Å²) in [5, 5.41) is 0. The van der Waals surface area contributed by atoms with Crippen LogP contribution in [-0.4, -0.2) is 17.9 Å². The number of hydrogen-bond acceptors (Lipinski definition) is 1. The number of alkyl halides is 3. The summed E-state index contributed by atoms with van der Waals surface area (Å²) in [5.41, 5.74) is 0.850. The molecule has 0 bridgehead atoms. The zero-order valence-electron chi connectivity index (χ0n) is 15.5. The molecule has 0 aliphatic rings. The van der Waals surface area contributed by atoms with Gasteiger partial charge >= 0.3 is 0 Å². The van der Waals surface area contributed by atoms with Crippen molar-refractivity contribution in [3.63, 3.8) is 0 Å². The quantitative estimate of drug-likeness (QED) is 0.537. The van der Waals surface area contributed by atoms with Gasteiger partial charge in [-0.3, -0.25) is 0 Å². The van der Waals surface area contributed by atoms with Crippen LogP contribution in [0, 0.1) is 0 Å². The normalized spacial score (nSPS) is 14.5. The van der Waals surface area contributed by atoms with Gasteiger partial charge in [-0.25, -0.2) is 13.2 Å². The minimum atomic E-state index is -2.90. The summed E-state index contributed by atoms with van der Waals surface area (Å²) in [5.74, 6) is -2.90. The van der Waals surface area contributed by atoms with Crippen LogP contribution in [-0.2, 0) is 12.1 Å². The fraction of sp³-hybridized carbons (Fsp3) is 0.500. The molecule has 4 heteroatoms. The van der Waals surface area contributed by atoms with Gasteiger partial charge in [0.05, 0.1) is 6.04 Å². The van der Waals surface area contributed by atoms with E-state index in [1.54, 1.807) is 30.3 Å². The second kappa shape index (κ2) is 7.45. The van der Waals surface area contributed by atoms with Gasteiger partial charge in [0.2, 0.25) is 0 Å². The monoisotopic (exact) mass is 339 g/mol. The maximum Gasteiger partial charge on any atom is 0.266 e. The number of benzene rings is 1. The van der Waals surface area contributed by atoms with Crippen LogP contribution in [0.2, 0.25) is 0 Å². The van der Waals surface area contributed by atoms with Crippen molar-refractivity contribution in [1.29, 1.82) is 0 Å². The Morgan fingerprint density at radius 2 is 1.83 bits per heavy atom. The summed E-state index contributed by atoms with van der Waals surface area (Å²) >= 11 is 0. The highest BCUT2D eigenvalue weighted by Crippen LogP contribution is 2.34. The molecule has 0 spiro atoms. The van der Waals surface area contributed by atoms with E-state index in [9.17, 15) is 13.2 Å². The SMILES string of the molecule is C=CN(C)C(/C=C(\C)C(C)(F)F)c1cc(C(C)(C)F)ccc1CC. The smallest absolute Gasteiger partial charge is 0.266 e. The van der Waals surface area contributed by atoms with E-state index >= 15 is 0 Å². The molecule has 0 heterocycles. The molecule has 0 saturated carbocycles. The van der Waals surface area contributed by atoms with E-state index in [0.717, 1.165) is 24.5 Å². The zero-order chi connectivity index (χ0) is 18.7. The van der Waals surface area contributed by atoms with E-state index in [2.05, 4.69) is 6.58 Å². The Labute approximate surface area is 143 Å². The molecule has 0 aliphatic carbocycles. The largest absolute Gasteiger partial charge is 0.371 e. The molecule has 0 aromatic heterocycles. The summed E-state index contributed by atoms with van der Waals surface area (Å²) in [6.07, 6.45) is 3.86. The molecule has 24 heavy (non-hydrogen) atoms. The topological polar surface area (TPSA) is 3.24 Å². The first-order valence-electron chi connectivity index (χ1n) is 8.15. The van der Waals surface area contributed by atoms with E-state index < -0.39 is 17.6 Å². The molecule has 1 unspecified atom stereocenters. The summed E-state index contributed by atoms with van der Waals surface area (Å²) in [4.78, 5) is 1.76. The van der Waals surface area contributed by atoms with Crippen molar-refractivity contribution < 1.29 is 13.2 Å². The number of halogens is 3. The highest BCUT2D eigenvalue weighted by molar-refractivity contribution is 5.39. The Hall–Kier alpha value is -1.71. The third-order valence-corrected chi connectivity index (χ3v) is 4.36. The Balaban J connectivity index is 3.55. The van der Waals surface area contributed by atoms with Crippen molar-refractivity contribution in [2.24, 2.45) is 0 Å². The highest BCUT2D eigenvalue weighted by Gasteiger charge is 2.27. The third kappa shape index (κ3) is 4.89. The molecule has 1 rings (SSSR count). The Morgan fingerprint density at radius 3 is 2.25 bits per heavy atom. The lowest BCUT2D eigenvalue weighted by Crippen LogP contribution is -2.22. The van der Waals surface area contributed by atoms with Gasteiger partial charge < -0.3 is 4.90 Å². The molecule has 0 radical (unpaired) electrons. The molecule has 0 N–H and O–H groups in total. The van der Waals surface area contributed by atoms with Crippen molar-refractivity contribution in [1.82, 2.24) is 4.90 Å². The van der Waals surface area contributed by atoms with Gasteiger partial charge in [-0.05, 0) is 61.7 Å². The number of hydrogen-bond donors (Lipinski definition) is 0. The van der Waals surface area contributed by atoms with Gasteiger partial charge in [0.15, 0.2) is 0 Å². The second-order valence-corrected chi connectivity index (χ2v) is 6.77. The average Bonchev–Trinajstić information content (AvgIpc) is 2.49. The molecule has 1 nitrogen and oxygen atoms in total. The van der Waals surface area contributed by atoms with Crippen LogP contribution >= 0.6 is 0 Å². The lowest BCUT2D eigenvalue weighted by Gasteiger charge is -2.29. The minimum Gasteiger partial charge on any atom is -0.371 e. The number of rotatable bonds is 7. The van der Waals surface area contributed by atoms with Gasteiger partial charge in [0, 0.05) is 14.0 Å². The first-order chi connectivity index (χ1) is 10.9. The van der Waals surface area contributed by atoms with Gasteiger partial charge in [-0.1, -0.05) is 31.7 Å². The predicted molar refractivity (Wildman–Crippen MR) is 95.0 cm³/mol. The van der Waals surface area contributed by atoms with Gasteiger partial charge in [-0.2, -0.15) is 0 Å². The average molecular weight is 339 g/mol. The summed E-state index contributed by atoms with van der Waals surface area (Å²) in [6.45, 7) is 11.0. The molecule has 0 fully saturated rings. The van der Waals surface area contributed by atoms with Crippen molar-refractivity contribution in [2.75, 3.05) is 7.05 Å². The molecule has 134 valence electrons. The molecule has 1 aromatic carbocycles. The van der Waals surface area contributed by atoms with E-state index in [1.165, 1.54) is 26.8 Å². The first kappa shape index (κ1) is 20.3. The Bertz CT molecular complexity index is 606. The third-order valence-electron chi connectivity index (χ3n) is 4.36. The van der Waals surface area contributed by atoms with Crippen LogP contribution in [0.25, 0.3) is 0 Å². The van der Waals surface area contributed by atoms with E-state index in [4.69, 9.17) is 0 Å². The van der Waals surface area contributed by atoms with Crippen LogP contribution in [0.3, 0.4) is 0 Å². The van der Waals surface area contributed by atoms with Crippen LogP contribution < -0.4 is 0 Å². The number of nitrogens with zero attached hydrogens (tertiary/aromatic N) is 1. The minimum absolute atomic E-state index is 0.0202. The van der Waals surface area contributed by atoms with Gasteiger partial charge in [-0.15, -0.1) is 0 Å². The van der Waals surface area contributed by atoms with Gasteiger partial charge in [0.1, 0.15) is 5.67 Å². The number of allylic oxidation sites excluding steroid dienone is 1. The predicted octanol–water partition coefficient (Wildman–Crippen LogP) is 6.17. The van der Waals surface area contributed by atoms with E-state index in [0.29, 0.717) is 5.56 Å². The number of aryl methyl sites for hydroxylation is 1. The molecular weight excluding hydrogens is 311 g/mol. The van der Waals surface area contributed by atoms with Crippen molar-refractivity contribution in [2.45, 2.75) is 58.7 Å². The molecule has 0 aliphatic heterocycles. The fourth-order valence-corrected chi connectivity index (χ4v) is 2.49. The van der Waals surface area contributed by atoms with Crippen LogP contribution in [0.4, 0.5) is 13.2 Å². The highest BCUT2D eigenvalue weighted by atomic mass is 19.3. The van der Waals surface area contributed by atoms with Crippen LogP contribution in [0.5, 0.6) is 0 Å². The van der Waals surface area contributed by atoms with Crippen molar-refractivity contribution in [3.8, 4) is 0 Å². The lowest BCUT2D eigenvalue weighted by molar-refractivity contribution is 0.0624. The van der Waals surface area contributed by atoms with Crippen LogP contribution in [0.15, 0.2) is 42.6 Å². The summed E-state index contributed by atoms with van der Waals surface area (Å²) in [7, 11) is 1.78. The lowest BCUT2D eigenvalue weighted by atomic mass is 9.89. The molecular formula is C20H28F3N. The van der Waals surface area contributed by atoms with E-state index in [1.807, 2.05) is 13.0 Å². The standard InChI is InChI=1S/C20H28F3N/c1-8-15-10-11-16(19(4,5)21)13-17(15)18(24(7)9-2)12-14(3)20(6,22)23/h9-13,18H,2,8H2,1,3-7H3/b14-12+. The summed E-state index contributed by atoms with van der Waals surface area (Å²) < 4.78 is 41.6. The van der Waals surface area contributed by atoms with E-state index in [-0.39, 0.29) is 5.57 Å². The first-order valence-corrected chi connectivity index (χ1v) is 8.15. The van der Waals surface area contributed by atoms with Crippen LogP contribution in [0.1, 0.15) is 57.4 Å². The summed E-state index contributed by atoms with van der Waals surface area (Å²) in [6, 6.07) is 4.99. The number of likely N-dealkylation sites (N-methyl/N-ethyl adjacent to an activating group) is 1. The fourth-order valence-electron chi connectivity index (χ4n) is 2.49. The zero-order valence-corrected chi connectivity index (χ0v) is 15.5. The Kier molecular flexibility index (Phi) is 6.32. The van der Waals surface area contributed by atoms with Crippen molar-refractivity contribution >= 4 is 0 Å².